The van der Waals surface area contributed by atoms with Gasteiger partial charge in [0.05, 0.1) is 11.5 Å². The van der Waals surface area contributed by atoms with E-state index in [9.17, 15) is 19.3 Å². The molecule has 0 unspecified atom stereocenters. The molecule has 0 aliphatic rings. The Hall–Kier alpha value is -2.55. The maximum atomic E-state index is 13.6. The minimum absolute atomic E-state index is 0.0876. The predicted octanol–water partition coefficient (Wildman–Crippen LogP) is 2.81. The molecule has 110 valence electrons. The van der Waals surface area contributed by atoms with Gasteiger partial charge < -0.3 is 10.4 Å². The van der Waals surface area contributed by atoms with Crippen molar-refractivity contribution in [2.24, 2.45) is 0 Å². The number of benzene rings is 1. The van der Waals surface area contributed by atoms with Crippen LogP contribution in [0.3, 0.4) is 0 Å². The predicted molar refractivity (Wildman–Crippen MR) is 74.2 cm³/mol. The quantitative estimate of drug-likeness (QED) is 0.649. The standard InChI is InChI=1S/C12H10FN3O4S/c1-6-4-15-11(21-6)5-14-9-3-8(13)7(12(17)18)2-10(9)16(19)20/h2-4,14H,5H2,1H3,(H,17,18). The molecule has 0 aliphatic heterocycles. The first-order valence-electron chi connectivity index (χ1n) is 5.75. The van der Waals surface area contributed by atoms with E-state index in [-0.39, 0.29) is 12.2 Å². The third-order valence-electron chi connectivity index (χ3n) is 2.61. The Morgan fingerprint density at radius 2 is 2.29 bits per heavy atom. The van der Waals surface area contributed by atoms with E-state index in [1.54, 1.807) is 6.20 Å². The molecule has 2 N–H and O–H groups in total. The van der Waals surface area contributed by atoms with Crippen LogP contribution in [-0.2, 0) is 6.54 Å². The van der Waals surface area contributed by atoms with Gasteiger partial charge in [0, 0.05) is 23.2 Å². The van der Waals surface area contributed by atoms with Gasteiger partial charge in [-0.15, -0.1) is 11.3 Å². The molecule has 0 spiro atoms. The number of hydrogen-bond acceptors (Lipinski definition) is 6. The van der Waals surface area contributed by atoms with E-state index in [2.05, 4.69) is 10.3 Å². The van der Waals surface area contributed by atoms with Gasteiger partial charge in [-0.25, -0.2) is 14.2 Å². The molecule has 9 heteroatoms. The Morgan fingerprint density at radius 1 is 1.57 bits per heavy atom. The summed E-state index contributed by atoms with van der Waals surface area (Å²) in [5.41, 5.74) is -1.32. The van der Waals surface area contributed by atoms with Crippen LogP contribution >= 0.6 is 11.3 Å². The molecular formula is C12H10FN3O4S. The van der Waals surface area contributed by atoms with Crippen molar-refractivity contribution < 1.29 is 19.2 Å². The fourth-order valence-corrected chi connectivity index (χ4v) is 2.40. The van der Waals surface area contributed by atoms with Crippen molar-refractivity contribution in [3.8, 4) is 0 Å². The number of carbonyl (C=O) groups is 1. The number of thiazole rings is 1. The van der Waals surface area contributed by atoms with Gasteiger partial charge in [0.2, 0.25) is 0 Å². The second kappa shape index (κ2) is 5.83. The number of rotatable bonds is 5. The Balaban J connectivity index is 2.31. The van der Waals surface area contributed by atoms with E-state index in [1.807, 2.05) is 6.92 Å². The fraction of sp³-hybridized carbons (Fsp3) is 0.167. The van der Waals surface area contributed by atoms with Crippen LogP contribution in [0, 0.1) is 22.9 Å². The van der Waals surface area contributed by atoms with Crippen molar-refractivity contribution in [1.29, 1.82) is 0 Å². The van der Waals surface area contributed by atoms with Gasteiger partial charge in [-0.2, -0.15) is 0 Å². The van der Waals surface area contributed by atoms with Crippen molar-refractivity contribution in [2.45, 2.75) is 13.5 Å². The number of aromatic nitrogens is 1. The Labute approximate surface area is 122 Å². The third kappa shape index (κ3) is 3.31. The van der Waals surface area contributed by atoms with E-state index in [0.717, 1.165) is 10.9 Å². The number of carboxylic acids is 1. The Kier molecular flexibility index (Phi) is 4.13. The molecule has 0 radical (unpaired) electrons. The maximum absolute atomic E-state index is 13.6. The SMILES string of the molecule is Cc1cnc(CNc2cc(F)c(C(=O)O)cc2[N+](=O)[O-])s1. The number of nitro groups is 1. The van der Waals surface area contributed by atoms with E-state index < -0.39 is 28.0 Å². The molecule has 2 aromatic rings. The maximum Gasteiger partial charge on any atom is 0.338 e. The summed E-state index contributed by atoms with van der Waals surface area (Å²) in [6, 6.07) is 1.51. The van der Waals surface area contributed by atoms with Gasteiger partial charge in [0.15, 0.2) is 0 Å². The van der Waals surface area contributed by atoms with E-state index in [4.69, 9.17) is 5.11 Å². The first-order valence-corrected chi connectivity index (χ1v) is 6.56. The second-order valence-corrected chi connectivity index (χ2v) is 5.45. The van der Waals surface area contributed by atoms with Gasteiger partial charge in [0.25, 0.3) is 5.69 Å². The number of nitrogens with one attached hydrogen (secondary N) is 1. The number of anilines is 1. The van der Waals surface area contributed by atoms with Crippen molar-refractivity contribution in [1.82, 2.24) is 4.98 Å². The number of aromatic carboxylic acids is 1. The molecular weight excluding hydrogens is 301 g/mol. The minimum atomic E-state index is -1.56. The molecule has 0 amide bonds. The topological polar surface area (TPSA) is 105 Å². The van der Waals surface area contributed by atoms with E-state index >= 15 is 0 Å². The first-order chi connectivity index (χ1) is 9.88. The highest BCUT2D eigenvalue weighted by Gasteiger charge is 2.21. The van der Waals surface area contributed by atoms with Crippen molar-refractivity contribution in [3.05, 3.63) is 49.7 Å². The summed E-state index contributed by atoms with van der Waals surface area (Å²) in [5.74, 6) is -2.59. The fourth-order valence-electron chi connectivity index (χ4n) is 1.67. The van der Waals surface area contributed by atoms with Crippen LogP contribution in [0.25, 0.3) is 0 Å². The number of halogens is 1. The smallest absolute Gasteiger partial charge is 0.338 e. The molecule has 0 saturated heterocycles. The molecule has 1 aromatic heterocycles. The van der Waals surface area contributed by atoms with Crippen molar-refractivity contribution >= 4 is 28.7 Å². The zero-order valence-electron chi connectivity index (χ0n) is 10.8. The summed E-state index contributed by atoms with van der Waals surface area (Å²) in [4.78, 5) is 26.0. The molecule has 7 nitrogen and oxygen atoms in total. The highest BCUT2D eigenvalue weighted by Crippen LogP contribution is 2.28. The van der Waals surface area contributed by atoms with E-state index in [1.165, 1.54) is 11.3 Å². The molecule has 0 bridgehead atoms. The second-order valence-electron chi connectivity index (χ2n) is 4.13. The van der Waals surface area contributed by atoms with Gasteiger partial charge in [-0.3, -0.25) is 10.1 Å². The number of nitrogens with zero attached hydrogens (tertiary/aromatic N) is 2. The zero-order valence-corrected chi connectivity index (χ0v) is 11.6. The highest BCUT2D eigenvalue weighted by molar-refractivity contribution is 7.11. The lowest BCUT2D eigenvalue weighted by Gasteiger charge is -2.07. The minimum Gasteiger partial charge on any atom is -0.478 e. The Bertz CT molecular complexity index is 717. The average Bonchev–Trinajstić information content (AvgIpc) is 2.81. The van der Waals surface area contributed by atoms with E-state index in [0.29, 0.717) is 11.1 Å². The van der Waals surface area contributed by atoms with Gasteiger partial charge in [-0.05, 0) is 6.92 Å². The monoisotopic (exact) mass is 311 g/mol. The van der Waals surface area contributed by atoms with Crippen LogP contribution in [-0.4, -0.2) is 21.0 Å². The number of hydrogen-bond donors (Lipinski definition) is 2. The van der Waals surface area contributed by atoms with Crippen LogP contribution in [0.15, 0.2) is 18.3 Å². The van der Waals surface area contributed by atoms with Crippen LogP contribution in [0.5, 0.6) is 0 Å². The van der Waals surface area contributed by atoms with Gasteiger partial charge in [0.1, 0.15) is 22.1 Å². The number of aryl methyl sites for hydroxylation is 1. The zero-order chi connectivity index (χ0) is 15.6. The van der Waals surface area contributed by atoms with Crippen LogP contribution in [0.1, 0.15) is 20.2 Å². The lowest BCUT2D eigenvalue weighted by molar-refractivity contribution is -0.384. The summed E-state index contributed by atoms with van der Waals surface area (Å²) in [6.07, 6.45) is 1.66. The molecule has 0 fully saturated rings. The highest BCUT2D eigenvalue weighted by atomic mass is 32.1. The van der Waals surface area contributed by atoms with Crippen LogP contribution in [0.2, 0.25) is 0 Å². The molecule has 1 aromatic carbocycles. The van der Waals surface area contributed by atoms with Crippen LogP contribution < -0.4 is 5.32 Å². The van der Waals surface area contributed by atoms with Gasteiger partial charge >= 0.3 is 5.97 Å². The molecule has 21 heavy (non-hydrogen) atoms. The summed E-state index contributed by atoms with van der Waals surface area (Å²) in [7, 11) is 0. The lowest BCUT2D eigenvalue weighted by Crippen LogP contribution is -2.07. The molecule has 0 aliphatic carbocycles. The first kappa shape index (κ1) is 14.9. The average molecular weight is 311 g/mol. The van der Waals surface area contributed by atoms with Crippen molar-refractivity contribution in [2.75, 3.05) is 5.32 Å². The third-order valence-corrected chi connectivity index (χ3v) is 3.52. The Morgan fingerprint density at radius 3 is 2.81 bits per heavy atom. The molecule has 0 saturated carbocycles. The lowest BCUT2D eigenvalue weighted by atomic mass is 10.1. The summed E-state index contributed by atoms with van der Waals surface area (Å²) in [5, 5.41) is 23.1. The number of carboxylic acid groups (broad SMARTS) is 1. The van der Waals surface area contributed by atoms with Gasteiger partial charge in [-0.1, -0.05) is 0 Å². The summed E-state index contributed by atoms with van der Waals surface area (Å²) >= 11 is 1.40. The molecule has 0 atom stereocenters. The van der Waals surface area contributed by atoms with Crippen LogP contribution in [0.4, 0.5) is 15.8 Å². The molecule has 1 heterocycles. The van der Waals surface area contributed by atoms with Crippen molar-refractivity contribution in [3.63, 3.8) is 0 Å². The summed E-state index contributed by atoms with van der Waals surface area (Å²) < 4.78 is 13.6. The normalized spacial score (nSPS) is 10.4. The largest absolute Gasteiger partial charge is 0.478 e. The molecule has 2 rings (SSSR count). The summed E-state index contributed by atoms with van der Waals surface area (Å²) in [6.45, 7) is 2.05. The number of nitro benzene ring substituents is 1.